The highest BCUT2D eigenvalue weighted by atomic mass is 16.7. The minimum atomic E-state index is -0.383. The van der Waals surface area contributed by atoms with Crippen LogP contribution >= 0.6 is 0 Å². The van der Waals surface area contributed by atoms with Gasteiger partial charge in [-0.05, 0) is 31.4 Å². The van der Waals surface area contributed by atoms with Crippen molar-refractivity contribution in [3.8, 4) is 17.2 Å². The molecular weight excluding hydrogens is 428 g/mol. The van der Waals surface area contributed by atoms with E-state index in [0.717, 1.165) is 19.3 Å². The summed E-state index contributed by atoms with van der Waals surface area (Å²) in [5.41, 5.74) is -0.0433. The molecule has 3 heterocycles. The molecule has 0 aliphatic carbocycles. The van der Waals surface area contributed by atoms with Crippen molar-refractivity contribution in [2.45, 2.75) is 65.8 Å². The lowest BCUT2D eigenvalue weighted by Crippen LogP contribution is -2.41. The molecule has 178 valence electrons. The number of imidazole rings is 1. The maximum absolute atomic E-state index is 13.3. The molecule has 3 aromatic rings. The molecule has 0 bridgehead atoms. The maximum Gasteiger partial charge on any atom is 0.332 e. The Labute approximate surface area is 190 Å². The quantitative estimate of drug-likeness (QED) is 0.439. The van der Waals surface area contributed by atoms with Gasteiger partial charge in [0.1, 0.15) is 18.2 Å². The van der Waals surface area contributed by atoms with Crippen LogP contribution in [0, 0.1) is 0 Å². The van der Waals surface area contributed by atoms with Gasteiger partial charge in [0, 0.05) is 25.7 Å². The molecule has 0 saturated heterocycles. The number of benzene rings is 1. The fourth-order valence-electron chi connectivity index (χ4n) is 4.02. The van der Waals surface area contributed by atoms with Gasteiger partial charge in [0.05, 0.1) is 6.61 Å². The molecular formula is C23H30N4O6. The number of hydrogen-bond acceptors (Lipinski definition) is 7. The van der Waals surface area contributed by atoms with Crippen LogP contribution in [0.2, 0.25) is 0 Å². The number of aliphatic hydroxyl groups excluding tert-OH is 1. The average molecular weight is 459 g/mol. The van der Waals surface area contributed by atoms with Gasteiger partial charge in [-0.1, -0.05) is 20.3 Å². The maximum atomic E-state index is 13.3. The van der Waals surface area contributed by atoms with E-state index >= 15 is 0 Å². The molecule has 10 nitrogen and oxygen atoms in total. The van der Waals surface area contributed by atoms with Crippen molar-refractivity contribution >= 4 is 11.2 Å². The van der Waals surface area contributed by atoms with Crippen LogP contribution in [-0.2, 0) is 26.2 Å². The molecule has 1 aliphatic rings. The summed E-state index contributed by atoms with van der Waals surface area (Å²) in [5.74, 6) is 2.35. The molecule has 1 aromatic carbocycles. The molecule has 1 N–H and O–H groups in total. The zero-order chi connectivity index (χ0) is 23.4. The Hall–Kier alpha value is -3.27. The number of ether oxygens (including phenoxy) is 3. The molecule has 0 radical (unpaired) electrons. The highest BCUT2D eigenvalue weighted by Crippen LogP contribution is 2.35. The minimum Gasteiger partial charge on any atom is -0.493 e. The first-order valence-corrected chi connectivity index (χ1v) is 11.4. The van der Waals surface area contributed by atoms with E-state index in [1.165, 1.54) is 4.57 Å². The molecule has 2 aromatic heterocycles. The third kappa shape index (κ3) is 4.47. The minimum absolute atomic E-state index is 0.196. The number of hydrogen-bond donors (Lipinski definition) is 1. The van der Waals surface area contributed by atoms with Crippen LogP contribution < -0.4 is 25.5 Å². The fraction of sp³-hybridized carbons (Fsp3) is 0.522. The van der Waals surface area contributed by atoms with E-state index in [4.69, 9.17) is 14.2 Å². The van der Waals surface area contributed by atoms with Crippen molar-refractivity contribution in [1.29, 1.82) is 0 Å². The first-order chi connectivity index (χ1) is 16.1. The molecule has 0 atom stereocenters. The number of unbranched alkanes of at least 4 members (excludes halogenated alkanes) is 1. The van der Waals surface area contributed by atoms with Crippen molar-refractivity contribution in [3.05, 3.63) is 44.9 Å². The summed E-state index contributed by atoms with van der Waals surface area (Å²) in [5, 5.41) is 9.77. The first kappa shape index (κ1) is 22.9. The highest BCUT2D eigenvalue weighted by molar-refractivity contribution is 5.71. The zero-order valence-electron chi connectivity index (χ0n) is 19.1. The van der Waals surface area contributed by atoms with E-state index in [-0.39, 0.29) is 31.2 Å². The smallest absolute Gasteiger partial charge is 0.332 e. The number of aliphatic hydroxyl groups is 1. The van der Waals surface area contributed by atoms with Gasteiger partial charge in [0.15, 0.2) is 22.7 Å². The lowest BCUT2D eigenvalue weighted by molar-refractivity contribution is 0.173. The van der Waals surface area contributed by atoms with Crippen molar-refractivity contribution in [2.75, 3.05) is 13.4 Å². The van der Waals surface area contributed by atoms with Crippen molar-refractivity contribution in [2.24, 2.45) is 0 Å². The summed E-state index contributed by atoms with van der Waals surface area (Å²) >= 11 is 0. The van der Waals surface area contributed by atoms with Gasteiger partial charge >= 0.3 is 5.69 Å². The summed E-state index contributed by atoms with van der Waals surface area (Å²) in [6.07, 6.45) is 2.93. The monoisotopic (exact) mass is 458 g/mol. The van der Waals surface area contributed by atoms with Crippen molar-refractivity contribution in [1.82, 2.24) is 18.7 Å². The van der Waals surface area contributed by atoms with Gasteiger partial charge in [-0.3, -0.25) is 13.9 Å². The van der Waals surface area contributed by atoms with E-state index in [1.54, 1.807) is 27.3 Å². The Balaban J connectivity index is 1.60. The zero-order valence-corrected chi connectivity index (χ0v) is 19.1. The first-order valence-electron chi connectivity index (χ1n) is 11.4. The number of rotatable bonds is 11. The summed E-state index contributed by atoms with van der Waals surface area (Å²) in [6.45, 7) is 5.49. The molecule has 0 fully saturated rings. The number of nitrogens with zero attached hydrogens (tertiary/aromatic N) is 4. The van der Waals surface area contributed by atoms with E-state index in [2.05, 4.69) is 4.98 Å². The summed E-state index contributed by atoms with van der Waals surface area (Å²) in [4.78, 5) is 31.0. The Bertz CT molecular complexity index is 1240. The summed E-state index contributed by atoms with van der Waals surface area (Å²) in [7, 11) is 0. The van der Waals surface area contributed by atoms with E-state index < -0.39 is 0 Å². The van der Waals surface area contributed by atoms with Crippen LogP contribution in [0.5, 0.6) is 17.2 Å². The van der Waals surface area contributed by atoms with E-state index in [1.807, 2.05) is 13.8 Å². The lowest BCUT2D eigenvalue weighted by atomic mass is 10.3. The van der Waals surface area contributed by atoms with Crippen molar-refractivity contribution < 1.29 is 19.3 Å². The molecule has 1 aliphatic heterocycles. The van der Waals surface area contributed by atoms with E-state index in [0.29, 0.717) is 60.4 Å². The summed E-state index contributed by atoms with van der Waals surface area (Å²) in [6, 6.07) is 5.34. The van der Waals surface area contributed by atoms with Crippen LogP contribution in [-0.4, -0.2) is 37.2 Å². The molecule has 0 saturated carbocycles. The van der Waals surface area contributed by atoms with Gasteiger partial charge in [0.25, 0.3) is 5.56 Å². The average Bonchev–Trinajstić information content (AvgIpc) is 3.43. The van der Waals surface area contributed by atoms with Gasteiger partial charge in [-0.15, -0.1) is 0 Å². The standard InChI is InChI=1S/C23H30N4O6/c1-3-5-10-26-21-20(25(9-4-2)19(14-28)24-21)22(29)27(23(26)30)11-6-12-31-16-7-8-17-18(13-16)33-15-32-17/h7-8,13,28H,3-6,9-12,14-15H2,1-2H3. The topological polar surface area (TPSA) is 110 Å². The third-order valence-electron chi connectivity index (χ3n) is 5.66. The highest BCUT2D eigenvalue weighted by Gasteiger charge is 2.21. The van der Waals surface area contributed by atoms with Gasteiger partial charge < -0.3 is 23.9 Å². The normalized spacial score (nSPS) is 12.6. The van der Waals surface area contributed by atoms with Crippen LogP contribution in [0.1, 0.15) is 45.4 Å². The second-order valence-corrected chi connectivity index (χ2v) is 7.97. The van der Waals surface area contributed by atoms with Gasteiger partial charge in [-0.2, -0.15) is 0 Å². The SMILES string of the molecule is CCCCn1c(=O)n(CCCOc2ccc3c(c2)OCO3)c(=O)c2c1nc(CO)n2CCC. The van der Waals surface area contributed by atoms with Crippen LogP contribution in [0.15, 0.2) is 27.8 Å². The fourth-order valence-corrected chi connectivity index (χ4v) is 4.02. The number of aromatic nitrogens is 4. The van der Waals surface area contributed by atoms with E-state index in [9.17, 15) is 14.7 Å². The largest absolute Gasteiger partial charge is 0.493 e. The van der Waals surface area contributed by atoms with Crippen LogP contribution in [0.4, 0.5) is 0 Å². The Morgan fingerprint density at radius 1 is 1.00 bits per heavy atom. The van der Waals surface area contributed by atoms with Crippen LogP contribution in [0.3, 0.4) is 0 Å². The summed E-state index contributed by atoms with van der Waals surface area (Å²) < 4.78 is 21.0. The molecule has 4 rings (SSSR count). The predicted octanol–water partition coefficient (Wildman–Crippen LogP) is 2.26. The number of aryl methyl sites for hydroxylation is 2. The van der Waals surface area contributed by atoms with Gasteiger partial charge in [-0.25, -0.2) is 9.78 Å². The Morgan fingerprint density at radius 3 is 2.55 bits per heavy atom. The predicted molar refractivity (Wildman–Crippen MR) is 122 cm³/mol. The Kier molecular flexibility index (Phi) is 7.02. The van der Waals surface area contributed by atoms with Crippen LogP contribution in [0.25, 0.3) is 11.2 Å². The second-order valence-electron chi connectivity index (χ2n) is 7.97. The third-order valence-corrected chi connectivity index (χ3v) is 5.66. The molecule has 0 unspecified atom stereocenters. The number of fused-ring (bicyclic) bond motifs is 2. The Morgan fingerprint density at radius 2 is 1.79 bits per heavy atom. The van der Waals surface area contributed by atoms with Gasteiger partial charge in [0.2, 0.25) is 6.79 Å². The molecule has 0 spiro atoms. The lowest BCUT2D eigenvalue weighted by Gasteiger charge is -2.13. The molecule has 0 amide bonds. The second kappa shape index (κ2) is 10.1. The van der Waals surface area contributed by atoms with Crippen molar-refractivity contribution in [3.63, 3.8) is 0 Å². The molecule has 10 heteroatoms. The molecule has 33 heavy (non-hydrogen) atoms.